The molecule has 0 aliphatic carbocycles. The van der Waals surface area contributed by atoms with Crippen molar-refractivity contribution in [2.45, 2.75) is 38.6 Å². The lowest BCUT2D eigenvalue weighted by atomic mass is 10.0. The van der Waals surface area contributed by atoms with Crippen LogP contribution in [-0.2, 0) is 13.0 Å². The van der Waals surface area contributed by atoms with E-state index in [1.807, 2.05) is 24.3 Å². The summed E-state index contributed by atoms with van der Waals surface area (Å²) in [5, 5.41) is 2.38. The van der Waals surface area contributed by atoms with Crippen molar-refractivity contribution in [2.24, 2.45) is 5.73 Å². The van der Waals surface area contributed by atoms with Gasteiger partial charge in [0.2, 0.25) is 0 Å². The molecule has 0 radical (unpaired) electrons. The van der Waals surface area contributed by atoms with Crippen LogP contribution >= 0.6 is 0 Å². The molecule has 6 nitrogen and oxygen atoms in total. The van der Waals surface area contributed by atoms with E-state index in [0.29, 0.717) is 5.56 Å². The molecule has 3 N–H and O–H groups in total. The summed E-state index contributed by atoms with van der Waals surface area (Å²) in [6, 6.07) is 12.3. The zero-order chi connectivity index (χ0) is 22.1. The number of carbonyl (C=O) groups is 1. The van der Waals surface area contributed by atoms with Crippen LogP contribution in [0.15, 0.2) is 48.8 Å². The van der Waals surface area contributed by atoms with Crippen molar-refractivity contribution in [1.82, 2.24) is 9.55 Å². The van der Waals surface area contributed by atoms with Crippen molar-refractivity contribution < 1.29 is 9.53 Å². The van der Waals surface area contributed by atoms with Crippen molar-refractivity contribution >= 4 is 33.4 Å². The molecule has 0 spiro atoms. The van der Waals surface area contributed by atoms with Gasteiger partial charge in [-0.1, -0.05) is 0 Å². The molecular formula is C26H30N4O2. The van der Waals surface area contributed by atoms with Gasteiger partial charge in [-0.2, -0.15) is 0 Å². The Morgan fingerprint density at radius 1 is 1.09 bits per heavy atom. The lowest BCUT2D eigenvalue weighted by Crippen LogP contribution is -2.31. The highest BCUT2D eigenvalue weighted by atomic mass is 16.5. The van der Waals surface area contributed by atoms with Gasteiger partial charge < -0.3 is 24.9 Å². The van der Waals surface area contributed by atoms with Crippen molar-refractivity contribution in [3.63, 3.8) is 0 Å². The molecule has 2 aromatic carbocycles. The molecule has 4 aromatic rings. The topological polar surface area (TPSA) is 76.3 Å². The normalized spacial score (nSPS) is 14.3. The van der Waals surface area contributed by atoms with E-state index in [9.17, 15) is 4.79 Å². The Morgan fingerprint density at radius 3 is 2.72 bits per heavy atom. The Balaban J connectivity index is 1.38. The summed E-state index contributed by atoms with van der Waals surface area (Å²) in [5.74, 6) is 0.515. The third kappa shape index (κ3) is 3.70. The van der Waals surface area contributed by atoms with E-state index >= 15 is 0 Å². The number of fused-ring (bicyclic) bond motifs is 2. The van der Waals surface area contributed by atoms with E-state index in [0.717, 1.165) is 67.7 Å². The van der Waals surface area contributed by atoms with Crippen molar-refractivity contribution in [3.8, 4) is 5.75 Å². The van der Waals surface area contributed by atoms with Crippen LogP contribution in [0.25, 0.3) is 21.8 Å². The number of carbonyl (C=O) groups excluding carboxylic acids is 1. The predicted octanol–water partition coefficient (Wildman–Crippen LogP) is 4.85. The maximum Gasteiger partial charge on any atom is 0.250 e. The van der Waals surface area contributed by atoms with Crippen LogP contribution in [0.2, 0.25) is 0 Å². The summed E-state index contributed by atoms with van der Waals surface area (Å²) in [5.41, 5.74) is 11.0. The molecule has 1 aliphatic heterocycles. The maximum atomic E-state index is 12.1. The van der Waals surface area contributed by atoms with Gasteiger partial charge in [0.15, 0.2) is 0 Å². The molecule has 5 rings (SSSR count). The third-order valence-corrected chi connectivity index (χ3v) is 6.68. The van der Waals surface area contributed by atoms with Crippen molar-refractivity contribution in [3.05, 3.63) is 59.9 Å². The number of methoxy groups -OCH3 is 1. The molecule has 0 unspecified atom stereocenters. The average molecular weight is 431 g/mol. The Kier molecular flexibility index (Phi) is 5.52. The minimum absolute atomic E-state index is 0.351. The fraction of sp³-hybridized carbons (Fsp3) is 0.346. The first-order valence-electron chi connectivity index (χ1n) is 11.5. The second kappa shape index (κ2) is 8.61. The zero-order valence-corrected chi connectivity index (χ0v) is 18.6. The number of aromatic nitrogens is 2. The Bertz CT molecular complexity index is 1260. The number of H-pyrrole nitrogens is 1. The van der Waals surface area contributed by atoms with Crippen LogP contribution in [0.4, 0.5) is 5.69 Å². The van der Waals surface area contributed by atoms with Gasteiger partial charge in [-0.3, -0.25) is 4.79 Å². The molecule has 0 bridgehead atoms. The Hall–Kier alpha value is -3.41. The van der Waals surface area contributed by atoms with Gasteiger partial charge in [0.25, 0.3) is 5.91 Å². The Morgan fingerprint density at radius 2 is 1.94 bits per heavy atom. The first-order valence-corrected chi connectivity index (χ1v) is 11.5. The number of nitrogens with zero attached hydrogens (tertiary/aromatic N) is 2. The second-order valence-electron chi connectivity index (χ2n) is 8.64. The number of nitrogens with two attached hydrogens (primary N) is 1. The molecule has 1 amide bonds. The molecule has 3 heterocycles. The van der Waals surface area contributed by atoms with E-state index in [1.54, 1.807) is 7.11 Å². The number of aromatic amines is 1. The van der Waals surface area contributed by atoms with Gasteiger partial charge in [0, 0.05) is 54.4 Å². The molecule has 6 heteroatoms. The highest BCUT2D eigenvalue weighted by Crippen LogP contribution is 2.34. The molecule has 1 saturated heterocycles. The standard InChI is InChI=1S/C26H30N4O2/c1-32-19-7-8-20-18(17-28-23(20)16-19)6-5-14-29-15-11-21-24(29)10-9-22(26(27)31)25(21)30-12-3-2-4-13-30/h7-11,15-17,28H,2-6,12-14H2,1H3,(H2,27,31). The number of rotatable bonds is 7. The van der Waals surface area contributed by atoms with Crippen molar-refractivity contribution in [2.75, 3.05) is 25.1 Å². The fourth-order valence-electron chi connectivity index (χ4n) is 5.05. The number of hydrogen-bond acceptors (Lipinski definition) is 3. The van der Waals surface area contributed by atoms with E-state index in [-0.39, 0.29) is 5.91 Å². The first kappa shape index (κ1) is 20.5. The second-order valence-corrected chi connectivity index (χ2v) is 8.64. The summed E-state index contributed by atoms with van der Waals surface area (Å²) >= 11 is 0. The Labute approximate surface area is 187 Å². The van der Waals surface area contributed by atoms with Gasteiger partial charge >= 0.3 is 0 Å². The average Bonchev–Trinajstić information content (AvgIpc) is 3.42. The molecular weight excluding hydrogens is 400 g/mol. The first-order chi connectivity index (χ1) is 15.7. The van der Waals surface area contributed by atoms with Crippen molar-refractivity contribution in [1.29, 1.82) is 0 Å². The van der Waals surface area contributed by atoms with E-state index in [4.69, 9.17) is 10.5 Å². The highest BCUT2D eigenvalue weighted by molar-refractivity contribution is 6.07. The van der Waals surface area contributed by atoms with E-state index in [1.165, 1.54) is 22.9 Å². The van der Waals surface area contributed by atoms with Gasteiger partial charge in [-0.15, -0.1) is 0 Å². The summed E-state index contributed by atoms with van der Waals surface area (Å²) < 4.78 is 7.62. The molecule has 166 valence electrons. The zero-order valence-electron chi connectivity index (χ0n) is 18.6. The summed E-state index contributed by atoms with van der Waals surface area (Å²) in [4.78, 5) is 17.8. The quantitative estimate of drug-likeness (QED) is 0.440. The monoisotopic (exact) mass is 430 g/mol. The van der Waals surface area contributed by atoms with Crippen LogP contribution in [0.5, 0.6) is 5.75 Å². The molecule has 1 fully saturated rings. The van der Waals surface area contributed by atoms with Crippen LogP contribution in [0, 0.1) is 0 Å². The van der Waals surface area contributed by atoms with Crippen LogP contribution in [-0.4, -0.2) is 35.7 Å². The largest absolute Gasteiger partial charge is 0.497 e. The molecule has 2 aromatic heterocycles. The number of primary amides is 1. The summed E-state index contributed by atoms with van der Waals surface area (Å²) in [6.45, 7) is 2.88. The van der Waals surface area contributed by atoms with Crippen LogP contribution in [0.3, 0.4) is 0 Å². The number of aryl methyl sites for hydroxylation is 2. The lowest BCUT2D eigenvalue weighted by molar-refractivity contribution is 0.100. The van der Waals surface area contributed by atoms with E-state index in [2.05, 4.69) is 39.0 Å². The summed E-state index contributed by atoms with van der Waals surface area (Å²) in [6.07, 6.45) is 9.83. The molecule has 1 aliphatic rings. The number of piperidine rings is 1. The van der Waals surface area contributed by atoms with Gasteiger partial charge in [0.05, 0.1) is 23.9 Å². The van der Waals surface area contributed by atoms with Crippen LogP contribution < -0.4 is 15.4 Å². The van der Waals surface area contributed by atoms with E-state index < -0.39 is 0 Å². The minimum Gasteiger partial charge on any atom is -0.497 e. The SMILES string of the molecule is COc1ccc2c(CCCn3ccc4c(N5CCCCC5)c(C(N)=O)ccc43)c[nH]c2c1. The number of ether oxygens (including phenoxy) is 1. The lowest BCUT2D eigenvalue weighted by Gasteiger charge is -2.30. The van der Waals surface area contributed by atoms with Gasteiger partial charge in [-0.25, -0.2) is 0 Å². The number of hydrogen-bond donors (Lipinski definition) is 2. The minimum atomic E-state index is -0.351. The summed E-state index contributed by atoms with van der Waals surface area (Å²) in [7, 11) is 1.69. The third-order valence-electron chi connectivity index (χ3n) is 6.68. The number of anilines is 1. The molecule has 0 atom stereocenters. The van der Waals surface area contributed by atoms with Crippen LogP contribution in [0.1, 0.15) is 41.6 Å². The highest BCUT2D eigenvalue weighted by Gasteiger charge is 2.21. The van der Waals surface area contributed by atoms with Gasteiger partial charge in [0.1, 0.15) is 5.75 Å². The fourth-order valence-corrected chi connectivity index (χ4v) is 5.05. The number of nitrogens with one attached hydrogen (secondary N) is 1. The number of benzene rings is 2. The number of amides is 1. The van der Waals surface area contributed by atoms with Gasteiger partial charge in [-0.05, 0) is 68.0 Å². The predicted molar refractivity (Wildman–Crippen MR) is 130 cm³/mol. The molecule has 32 heavy (non-hydrogen) atoms. The smallest absolute Gasteiger partial charge is 0.250 e. The molecule has 0 saturated carbocycles. The maximum absolute atomic E-state index is 12.1.